The van der Waals surface area contributed by atoms with Gasteiger partial charge < -0.3 is 24.4 Å². The largest absolute Gasteiger partial charge is 0.467 e. The predicted octanol–water partition coefficient (Wildman–Crippen LogP) is 3.10. The molecule has 2 aromatic carbocycles. The molecule has 0 spiro atoms. The van der Waals surface area contributed by atoms with Crippen molar-refractivity contribution in [2.75, 3.05) is 20.4 Å². The van der Waals surface area contributed by atoms with Crippen molar-refractivity contribution in [2.24, 2.45) is 0 Å². The van der Waals surface area contributed by atoms with Crippen LogP contribution in [-0.2, 0) is 36.3 Å². The molecule has 0 aromatic heterocycles. The molecular weight excluding hydrogens is 437 g/mol. The van der Waals surface area contributed by atoms with Gasteiger partial charge in [-0.3, -0.25) is 4.57 Å². The van der Waals surface area contributed by atoms with Gasteiger partial charge >= 0.3 is 18.0 Å². The van der Waals surface area contributed by atoms with E-state index in [1.165, 1.54) is 19.2 Å². The maximum Gasteiger partial charge on any atom is 0.408 e. The number of hydrogen-bond acceptors (Lipinski definition) is 7. The standard InChI is InChI=1S/C22H26NO8P/c1-29-20(24)18-10-6-9-17(13-18)15-32(27,28)12-11-19(21(25)30-2)23-22(26)31-14-16-7-4-3-5-8-16/h3-10,13,19H,11-12,14-15H2,1-2H3,(H,23,26)(H,27,28)/t19-/m0/s1. The number of carbonyl (C=O) groups excluding carboxylic acids is 3. The summed E-state index contributed by atoms with van der Waals surface area (Å²) in [5, 5.41) is 2.38. The third-order valence-electron chi connectivity index (χ3n) is 4.54. The number of esters is 2. The van der Waals surface area contributed by atoms with E-state index in [2.05, 4.69) is 14.8 Å². The Morgan fingerprint density at radius 1 is 1.00 bits per heavy atom. The molecule has 0 aliphatic heterocycles. The van der Waals surface area contributed by atoms with Gasteiger partial charge in [-0.2, -0.15) is 0 Å². The maximum absolute atomic E-state index is 12.7. The minimum atomic E-state index is -3.74. The van der Waals surface area contributed by atoms with Crippen LogP contribution >= 0.6 is 7.37 Å². The number of hydrogen-bond donors (Lipinski definition) is 2. The summed E-state index contributed by atoms with van der Waals surface area (Å²) in [5.41, 5.74) is 1.51. The number of nitrogens with one attached hydrogen (secondary N) is 1. The number of carbonyl (C=O) groups is 3. The third kappa shape index (κ3) is 8.17. The summed E-state index contributed by atoms with van der Waals surface area (Å²) in [6.45, 7) is 0.00952. The fourth-order valence-electron chi connectivity index (χ4n) is 2.91. The first-order valence-corrected chi connectivity index (χ1v) is 11.8. The predicted molar refractivity (Wildman–Crippen MR) is 116 cm³/mol. The minimum absolute atomic E-state index is 0.00952. The fourth-order valence-corrected chi connectivity index (χ4v) is 4.49. The molecule has 0 radical (unpaired) electrons. The molecule has 0 fully saturated rings. The monoisotopic (exact) mass is 463 g/mol. The normalized spacial score (nSPS) is 13.3. The SMILES string of the molecule is COC(=O)c1cccc(CP(=O)(O)CC[C@H](NC(=O)OCc2ccccc2)C(=O)OC)c1. The molecule has 2 N–H and O–H groups in total. The highest BCUT2D eigenvalue weighted by molar-refractivity contribution is 7.57. The van der Waals surface area contributed by atoms with E-state index in [1.807, 2.05) is 6.07 Å². The lowest BCUT2D eigenvalue weighted by Crippen LogP contribution is -2.42. The summed E-state index contributed by atoms with van der Waals surface area (Å²) in [4.78, 5) is 46.1. The molecule has 2 rings (SSSR count). The Labute approximate surface area is 186 Å². The summed E-state index contributed by atoms with van der Waals surface area (Å²) in [6.07, 6.45) is -1.43. The van der Waals surface area contributed by atoms with Gasteiger partial charge in [-0.15, -0.1) is 0 Å². The molecule has 172 valence electrons. The Balaban J connectivity index is 1.95. The Bertz CT molecular complexity index is 979. The van der Waals surface area contributed by atoms with Crippen molar-refractivity contribution < 1.29 is 38.1 Å². The number of benzene rings is 2. The van der Waals surface area contributed by atoms with Crippen LogP contribution in [0.4, 0.5) is 4.79 Å². The molecule has 2 aromatic rings. The molecule has 1 unspecified atom stereocenters. The highest BCUT2D eigenvalue weighted by Gasteiger charge is 2.27. The summed E-state index contributed by atoms with van der Waals surface area (Å²) in [5.74, 6) is -1.31. The van der Waals surface area contributed by atoms with Crippen molar-refractivity contribution in [1.82, 2.24) is 5.32 Å². The van der Waals surface area contributed by atoms with Gasteiger partial charge in [-0.25, -0.2) is 14.4 Å². The van der Waals surface area contributed by atoms with Gasteiger partial charge in [0.25, 0.3) is 0 Å². The Morgan fingerprint density at radius 2 is 1.69 bits per heavy atom. The van der Waals surface area contributed by atoms with Crippen LogP contribution in [0.5, 0.6) is 0 Å². The number of amides is 1. The number of ether oxygens (including phenoxy) is 3. The van der Waals surface area contributed by atoms with E-state index < -0.39 is 31.4 Å². The zero-order valence-electron chi connectivity index (χ0n) is 17.9. The lowest BCUT2D eigenvalue weighted by atomic mass is 10.1. The van der Waals surface area contributed by atoms with Gasteiger partial charge in [0.2, 0.25) is 7.37 Å². The first-order valence-electron chi connectivity index (χ1n) is 9.77. The topological polar surface area (TPSA) is 128 Å². The average molecular weight is 463 g/mol. The second-order valence-corrected chi connectivity index (χ2v) is 9.45. The molecule has 32 heavy (non-hydrogen) atoms. The van der Waals surface area contributed by atoms with Gasteiger partial charge in [0, 0.05) is 12.3 Å². The van der Waals surface area contributed by atoms with Gasteiger partial charge in [0.15, 0.2) is 0 Å². The van der Waals surface area contributed by atoms with Crippen LogP contribution in [0.25, 0.3) is 0 Å². The number of alkyl carbamates (subject to hydrolysis) is 1. The molecule has 1 amide bonds. The second-order valence-electron chi connectivity index (χ2n) is 6.99. The summed E-state index contributed by atoms with van der Waals surface area (Å²) < 4.78 is 27.1. The van der Waals surface area contributed by atoms with E-state index in [0.717, 1.165) is 12.7 Å². The van der Waals surface area contributed by atoms with Gasteiger partial charge in [-0.1, -0.05) is 42.5 Å². The van der Waals surface area contributed by atoms with Crippen LogP contribution in [0.2, 0.25) is 0 Å². The molecule has 9 nitrogen and oxygen atoms in total. The van der Waals surface area contributed by atoms with Crippen molar-refractivity contribution in [3.8, 4) is 0 Å². The smallest absolute Gasteiger partial charge is 0.408 e. The van der Waals surface area contributed by atoms with Crippen LogP contribution in [0.15, 0.2) is 54.6 Å². The number of rotatable bonds is 10. The Morgan fingerprint density at radius 3 is 2.34 bits per heavy atom. The molecule has 10 heteroatoms. The fraction of sp³-hybridized carbons (Fsp3) is 0.318. The summed E-state index contributed by atoms with van der Waals surface area (Å²) in [6, 6.07) is 14.1. The quantitative estimate of drug-likeness (QED) is 0.313. The zero-order chi connectivity index (χ0) is 23.6. The third-order valence-corrected chi connectivity index (χ3v) is 6.35. The van der Waals surface area contributed by atoms with E-state index in [4.69, 9.17) is 4.74 Å². The van der Waals surface area contributed by atoms with Crippen LogP contribution in [0, 0.1) is 0 Å². The van der Waals surface area contributed by atoms with E-state index in [-0.39, 0.29) is 30.9 Å². The second kappa shape index (κ2) is 12.0. The van der Waals surface area contributed by atoms with Crippen molar-refractivity contribution in [3.05, 3.63) is 71.3 Å². The van der Waals surface area contributed by atoms with Crippen LogP contribution < -0.4 is 5.32 Å². The summed E-state index contributed by atoms with van der Waals surface area (Å²) in [7, 11) is -1.33. The number of methoxy groups -OCH3 is 2. The molecule has 0 aliphatic rings. The highest BCUT2D eigenvalue weighted by Crippen LogP contribution is 2.45. The van der Waals surface area contributed by atoms with Crippen LogP contribution in [-0.4, -0.2) is 49.3 Å². The van der Waals surface area contributed by atoms with E-state index >= 15 is 0 Å². The van der Waals surface area contributed by atoms with Crippen molar-refractivity contribution in [2.45, 2.75) is 25.2 Å². The molecule has 0 bridgehead atoms. The van der Waals surface area contributed by atoms with E-state index in [9.17, 15) is 23.8 Å². The van der Waals surface area contributed by atoms with Gasteiger partial charge in [0.1, 0.15) is 12.6 Å². The summed E-state index contributed by atoms with van der Waals surface area (Å²) >= 11 is 0. The molecule has 0 saturated carbocycles. The van der Waals surface area contributed by atoms with E-state index in [0.29, 0.717) is 5.56 Å². The minimum Gasteiger partial charge on any atom is -0.467 e. The first kappa shape index (κ1) is 25.1. The lowest BCUT2D eigenvalue weighted by Gasteiger charge is -2.18. The molecular formula is C22H26NO8P. The maximum atomic E-state index is 12.7. The molecule has 0 saturated heterocycles. The average Bonchev–Trinajstić information content (AvgIpc) is 2.79. The first-order chi connectivity index (χ1) is 15.2. The van der Waals surface area contributed by atoms with Crippen molar-refractivity contribution >= 4 is 25.4 Å². The molecule has 2 atom stereocenters. The van der Waals surface area contributed by atoms with Crippen molar-refractivity contribution in [1.29, 1.82) is 0 Å². The lowest BCUT2D eigenvalue weighted by molar-refractivity contribution is -0.143. The highest BCUT2D eigenvalue weighted by atomic mass is 31.2. The van der Waals surface area contributed by atoms with E-state index in [1.54, 1.807) is 36.4 Å². The van der Waals surface area contributed by atoms with Crippen LogP contribution in [0.1, 0.15) is 27.9 Å². The molecule has 0 heterocycles. The Hall–Kier alpha value is -3.16. The zero-order valence-corrected chi connectivity index (χ0v) is 18.7. The van der Waals surface area contributed by atoms with Crippen LogP contribution in [0.3, 0.4) is 0 Å². The Kier molecular flexibility index (Phi) is 9.43. The molecule has 0 aliphatic carbocycles. The van der Waals surface area contributed by atoms with Gasteiger partial charge in [-0.05, 0) is 29.7 Å². The van der Waals surface area contributed by atoms with Crippen molar-refractivity contribution in [3.63, 3.8) is 0 Å². The van der Waals surface area contributed by atoms with Gasteiger partial charge in [0.05, 0.1) is 19.8 Å².